The highest BCUT2D eigenvalue weighted by Crippen LogP contribution is 2.13. The van der Waals surface area contributed by atoms with Crippen LogP contribution in [-0.2, 0) is 23.7 Å². The van der Waals surface area contributed by atoms with Gasteiger partial charge in [0.2, 0.25) is 0 Å². The van der Waals surface area contributed by atoms with Crippen LogP contribution in [0.2, 0.25) is 0 Å². The van der Waals surface area contributed by atoms with Crippen molar-refractivity contribution in [3.63, 3.8) is 0 Å². The van der Waals surface area contributed by atoms with Gasteiger partial charge in [-0.15, -0.1) is 0 Å². The summed E-state index contributed by atoms with van der Waals surface area (Å²) in [5, 5.41) is 0. The Balaban J connectivity index is 3.13. The molecule has 31 heavy (non-hydrogen) atoms. The van der Waals surface area contributed by atoms with Gasteiger partial charge < -0.3 is 18.9 Å². The maximum absolute atomic E-state index is 11.7. The third-order valence-corrected chi connectivity index (χ3v) is 5.38. The lowest BCUT2D eigenvalue weighted by Crippen LogP contribution is -2.11. The highest BCUT2D eigenvalue weighted by Gasteiger charge is 2.02. The molecule has 0 spiro atoms. The van der Waals surface area contributed by atoms with E-state index in [4.69, 9.17) is 18.9 Å². The predicted octanol–water partition coefficient (Wildman–Crippen LogP) is 6.86. The second-order valence-corrected chi connectivity index (χ2v) is 8.34. The van der Waals surface area contributed by atoms with Crippen molar-refractivity contribution in [3.05, 3.63) is 0 Å². The lowest BCUT2D eigenvalue weighted by Gasteiger charge is -2.07. The molecule has 0 saturated carbocycles. The Hall–Kier alpha value is -0.650. The van der Waals surface area contributed by atoms with Crippen molar-refractivity contribution >= 4 is 5.97 Å². The van der Waals surface area contributed by atoms with E-state index >= 15 is 0 Å². The predicted molar refractivity (Wildman–Crippen MR) is 129 cm³/mol. The summed E-state index contributed by atoms with van der Waals surface area (Å²) in [5.74, 6) is -0.105. The zero-order valence-corrected chi connectivity index (χ0v) is 20.8. The number of esters is 1. The summed E-state index contributed by atoms with van der Waals surface area (Å²) in [5.41, 5.74) is 0. The minimum Gasteiger partial charge on any atom is -0.466 e. The van der Waals surface area contributed by atoms with Crippen LogP contribution in [0.5, 0.6) is 0 Å². The molecule has 0 atom stereocenters. The lowest BCUT2D eigenvalue weighted by atomic mass is 10.0. The monoisotopic (exact) mass is 444 g/mol. The molecule has 0 unspecified atom stereocenters. The summed E-state index contributed by atoms with van der Waals surface area (Å²) in [6, 6.07) is 0. The molecule has 0 aromatic carbocycles. The van der Waals surface area contributed by atoms with E-state index in [1.165, 1.54) is 77.0 Å². The number of carbonyl (C=O) groups excluding carboxylic acids is 1. The smallest absolute Gasteiger partial charge is 0.305 e. The summed E-state index contributed by atoms with van der Waals surface area (Å²) < 4.78 is 21.3. The number of hydrogen-bond acceptors (Lipinski definition) is 5. The van der Waals surface area contributed by atoms with Gasteiger partial charge in [0.05, 0.1) is 33.0 Å². The van der Waals surface area contributed by atoms with Crippen LogP contribution in [0, 0.1) is 0 Å². The average molecular weight is 445 g/mol. The molecule has 0 N–H and O–H groups in total. The summed E-state index contributed by atoms with van der Waals surface area (Å²) in [6.45, 7) is 8.44. The first-order valence-corrected chi connectivity index (χ1v) is 13.2. The van der Waals surface area contributed by atoms with E-state index in [-0.39, 0.29) is 5.97 Å². The number of rotatable bonds is 26. The van der Waals surface area contributed by atoms with Crippen LogP contribution in [0.25, 0.3) is 0 Å². The quantitative estimate of drug-likeness (QED) is 0.108. The SMILES string of the molecule is CCCCCCCCCCCCCCCCOC(=O)CCCOCCOCCOCC. The van der Waals surface area contributed by atoms with Gasteiger partial charge in [-0.1, -0.05) is 90.4 Å². The van der Waals surface area contributed by atoms with Crippen LogP contribution < -0.4 is 0 Å². The molecule has 0 heterocycles. The molecule has 5 heteroatoms. The lowest BCUT2D eigenvalue weighted by molar-refractivity contribution is -0.144. The van der Waals surface area contributed by atoms with E-state index in [0.29, 0.717) is 52.5 Å². The Labute approximate surface area is 192 Å². The Kier molecular flexibility index (Phi) is 26.8. The number of hydrogen-bond donors (Lipinski definition) is 0. The average Bonchev–Trinajstić information content (AvgIpc) is 2.77. The van der Waals surface area contributed by atoms with Crippen molar-refractivity contribution in [2.24, 2.45) is 0 Å². The molecular formula is C26H52O5. The third-order valence-electron chi connectivity index (χ3n) is 5.38. The Bertz CT molecular complexity index is 349. The van der Waals surface area contributed by atoms with Gasteiger partial charge in [-0.2, -0.15) is 0 Å². The maximum Gasteiger partial charge on any atom is 0.305 e. The van der Waals surface area contributed by atoms with Crippen LogP contribution in [0.4, 0.5) is 0 Å². The fourth-order valence-corrected chi connectivity index (χ4v) is 3.46. The largest absolute Gasteiger partial charge is 0.466 e. The minimum absolute atomic E-state index is 0.105. The molecule has 0 radical (unpaired) electrons. The van der Waals surface area contributed by atoms with Crippen LogP contribution in [0.3, 0.4) is 0 Å². The second-order valence-electron chi connectivity index (χ2n) is 8.34. The molecule has 0 fully saturated rings. The van der Waals surface area contributed by atoms with Crippen molar-refractivity contribution < 1.29 is 23.7 Å². The summed E-state index contributed by atoms with van der Waals surface area (Å²) in [4.78, 5) is 11.7. The van der Waals surface area contributed by atoms with Gasteiger partial charge >= 0.3 is 5.97 Å². The molecule has 5 nitrogen and oxygen atoms in total. The molecule has 0 rings (SSSR count). The van der Waals surface area contributed by atoms with E-state index in [2.05, 4.69) is 6.92 Å². The van der Waals surface area contributed by atoms with Crippen LogP contribution in [0.15, 0.2) is 0 Å². The van der Waals surface area contributed by atoms with E-state index in [0.717, 1.165) is 19.4 Å². The normalized spacial score (nSPS) is 11.2. The standard InChI is InChI=1S/C26H52O5/c1-3-5-6-7-8-9-10-11-12-13-14-15-16-17-21-31-26(27)19-18-20-29-24-25-30-23-22-28-4-2/h3-25H2,1-2H3. The van der Waals surface area contributed by atoms with E-state index in [1.807, 2.05) is 6.92 Å². The fourth-order valence-electron chi connectivity index (χ4n) is 3.46. The Morgan fingerprint density at radius 3 is 1.45 bits per heavy atom. The van der Waals surface area contributed by atoms with Gasteiger partial charge in [0.25, 0.3) is 0 Å². The molecule has 0 aliphatic rings. The van der Waals surface area contributed by atoms with Crippen molar-refractivity contribution in [3.8, 4) is 0 Å². The molecular weight excluding hydrogens is 392 g/mol. The van der Waals surface area contributed by atoms with Crippen LogP contribution >= 0.6 is 0 Å². The molecule has 0 amide bonds. The van der Waals surface area contributed by atoms with Gasteiger partial charge in [-0.3, -0.25) is 4.79 Å². The zero-order chi connectivity index (χ0) is 22.7. The Morgan fingerprint density at radius 2 is 0.935 bits per heavy atom. The Morgan fingerprint density at radius 1 is 0.484 bits per heavy atom. The summed E-state index contributed by atoms with van der Waals surface area (Å²) >= 11 is 0. The topological polar surface area (TPSA) is 54.0 Å². The summed E-state index contributed by atoms with van der Waals surface area (Å²) in [7, 11) is 0. The molecule has 0 saturated heterocycles. The molecule has 0 aromatic rings. The first-order chi connectivity index (χ1) is 15.3. The molecule has 0 aliphatic carbocycles. The van der Waals surface area contributed by atoms with Crippen molar-refractivity contribution in [2.45, 2.75) is 117 Å². The summed E-state index contributed by atoms with van der Waals surface area (Å²) in [6.07, 6.45) is 19.8. The van der Waals surface area contributed by atoms with Crippen molar-refractivity contribution in [1.82, 2.24) is 0 Å². The fraction of sp³-hybridized carbons (Fsp3) is 0.962. The number of unbranched alkanes of at least 4 members (excludes halogenated alkanes) is 13. The zero-order valence-electron chi connectivity index (χ0n) is 20.8. The first-order valence-electron chi connectivity index (χ1n) is 13.2. The van der Waals surface area contributed by atoms with E-state index < -0.39 is 0 Å². The van der Waals surface area contributed by atoms with Crippen molar-refractivity contribution in [1.29, 1.82) is 0 Å². The minimum atomic E-state index is -0.105. The molecule has 0 bridgehead atoms. The first kappa shape index (κ1) is 30.4. The maximum atomic E-state index is 11.7. The van der Waals surface area contributed by atoms with Gasteiger partial charge in [-0.05, 0) is 19.8 Å². The third kappa shape index (κ3) is 27.3. The number of carbonyl (C=O) groups is 1. The van der Waals surface area contributed by atoms with E-state index in [1.54, 1.807) is 0 Å². The highest BCUT2D eigenvalue weighted by molar-refractivity contribution is 5.69. The van der Waals surface area contributed by atoms with Gasteiger partial charge in [0.15, 0.2) is 0 Å². The van der Waals surface area contributed by atoms with Crippen LogP contribution in [-0.4, -0.2) is 52.2 Å². The highest BCUT2D eigenvalue weighted by atomic mass is 16.5. The number of ether oxygens (including phenoxy) is 4. The molecule has 186 valence electrons. The van der Waals surface area contributed by atoms with E-state index in [9.17, 15) is 4.79 Å². The van der Waals surface area contributed by atoms with Crippen molar-refractivity contribution in [2.75, 3.05) is 46.2 Å². The van der Waals surface area contributed by atoms with Gasteiger partial charge in [0.1, 0.15) is 0 Å². The van der Waals surface area contributed by atoms with Crippen LogP contribution in [0.1, 0.15) is 117 Å². The molecule has 0 aliphatic heterocycles. The van der Waals surface area contributed by atoms with Gasteiger partial charge in [0, 0.05) is 19.6 Å². The molecule has 0 aromatic heterocycles. The second kappa shape index (κ2) is 27.4. The van der Waals surface area contributed by atoms with Gasteiger partial charge in [-0.25, -0.2) is 0 Å².